The molecule has 0 unspecified atom stereocenters. The number of ketones is 1. The van der Waals surface area contributed by atoms with Crippen LogP contribution in [0.4, 0.5) is 0 Å². The minimum Gasteiger partial charge on any atom is -0.300 e. The highest BCUT2D eigenvalue weighted by atomic mass is 16.1. The van der Waals surface area contributed by atoms with Gasteiger partial charge in [-0.25, -0.2) is 4.98 Å². The summed E-state index contributed by atoms with van der Waals surface area (Å²) in [4.78, 5) is 15.3. The Labute approximate surface area is 84.3 Å². The number of aromatic nitrogens is 3. The van der Waals surface area contributed by atoms with Crippen molar-refractivity contribution in [1.82, 2.24) is 14.8 Å². The van der Waals surface area contributed by atoms with E-state index in [4.69, 9.17) is 0 Å². The minimum atomic E-state index is 0.356. The largest absolute Gasteiger partial charge is 0.300 e. The predicted octanol–water partition coefficient (Wildman–Crippen LogP) is 1.51. The van der Waals surface area contributed by atoms with E-state index in [1.165, 1.54) is 0 Å². The van der Waals surface area contributed by atoms with Crippen molar-refractivity contribution in [1.29, 1.82) is 0 Å². The Bertz CT molecular complexity index is 293. The molecule has 0 spiro atoms. The van der Waals surface area contributed by atoms with E-state index in [1.807, 2.05) is 14.0 Å². The van der Waals surface area contributed by atoms with Crippen molar-refractivity contribution in [2.24, 2.45) is 7.05 Å². The Hall–Kier alpha value is -1.19. The maximum atomic E-state index is 11.2. The predicted molar refractivity (Wildman–Crippen MR) is 53.9 cm³/mol. The second-order valence-corrected chi connectivity index (χ2v) is 3.44. The number of Topliss-reactive ketones (excluding diaryl/α,β-unsaturated/α-hetero) is 1. The highest BCUT2D eigenvalue weighted by molar-refractivity contribution is 5.78. The summed E-state index contributed by atoms with van der Waals surface area (Å²) in [5.74, 6) is 1.31. The quantitative estimate of drug-likeness (QED) is 0.691. The van der Waals surface area contributed by atoms with Crippen molar-refractivity contribution >= 4 is 5.78 Å². The van der Waals surface area contributed by atoms with Gasteiger partial charge in [-0.1, -0.05) is 6.92 Å². The molecule has 0 aliphatic heterocycles. The van der Waals surface area contributed by atoms with Gasteiger partial charge in [-0.3, -0.25) is 9.48 Å². The van der Waals surface area contributed by atoms with E-state index >= 15 is 0 Å². The van der Waals surface area contributed by atoms with Gasteiger partial charge in [0, 0.05) is 26.3 Å². The lowest BCUT2D eigenvalue weighted by atomic mass is 10.1. The number of nitrogens with zero attached hydrogens (tertiary/aromatic N) is 3. The number of carbonyl (C=O) groups is 1. The zero-order valence-electron chi connectivity index (χ0n) is 8.86. The lowest BCUT2D eigenvalue weighted by Gasteiger charge is -1.99. The molecule has 1 aromatic heterocycles. The van der Waals surface area contributed by atoms with Gasteiger partial charge in [0.2, 0.25) is 0 Å². The fourth-order valence-electron chi connectivity index (χ4n) is 1.39. The number of rotatable bonds is 6. The van der Waals surface area contributed by atoms with Crippen LogP contribution in [0.2, 0.25) is 0 Å². The van der Waals surface area contributed by atoms with Crippen LogP contribution in [0.25, 0.3) is 0 Å². The molecule has 0 saturated carbocycles. The van der Waals surface area contributed by atoms with E-state index in [1.54, 1.807) is 11.0 Å². The molecule has 0 aliphatic carbocycles. The van der Waals surface area contributed by atoms with Crippen LogP contribution < -0.4 is 0 Å². The number of carbonyl (C=O) groups excluding carboxylic acids is 1. The van der Waals surface area contributed by atoms with Crippen LogP contribution >= 0.6 is 0 Å². The summed E-state index contributed by atoms with van der Waals surface area (Å²) in [7, 11) is 1.87. The Morgan fingerprint density at radius 2 is 2.29 bits per heavy atom. The first-order valence-corrected chi connectivity index (χ1v) is 5.08. The average molecular weight is 195 g/mol. The SMILES string of the molecule is CCCC(=O)CCCc1ncnn1C. The third kappa shape index (κ3) is 3.28. The highest BCUT2D eigenvalue weighted by Crippen LogP contribution is 2.03. The summed E-state index contributed by atoms with van der Waals surface area (Å²) in [5.41, 5.74) is 0. The van der Waals surface area contributed by atoms with Crippen molar-refractivity contribution in [2.45, 2.75) is 39.0 Å². The molecule has 0 amide bonds. The molecule has 1 rings (SSSR count). The van der Waals surface area contributed by atoms with E-state index in [0.29, 0.717) is 18.6 Å². The maximum Gasteiger partial charge on any atom is 0.138 e. The molecule has 0 bridgehead atoms. The van der Waals surface area contributed by atoms with Gasteiger partial charge in [0.05, 0.1) is 0 Å². The van der Waals surface area contributed by atoms with Crippen LogP contribution in [0.5, 0.6) is 0 Å². The molecule has 1 heterocycles. The zero-order chi connectivity index (χ0) is 10.4. The maximum absolute atomic E-state index is 11.2. The molecule has 0 aromatic carbocycles. The molecule has 1 aromatic rings. The zero-order valence-corrected chi connectivity index (χ0v) is 8.86. The molecule has 4 nitrogen and oxygen atoms in total. The minimum absolute atomic E-state index is 0.356. The first kappa shape index (κ1) is 10.9. The smallest absolute Gasteiger partial charge is 0.138 e. The lowest BCUT2D eigenvalue weighted by molar-refractivity contribution is -0.119. The fourth-order valence-corrected chi connectivity index (χ4v) is 1.39. The van der Waals surface area contributed by atoms with Crippen molar-refractivity contribution in [3.05, 3.63) is 12.2 Å². The number of aryl methyl sites for hydroxylation is 2. The fraction of sp³-hybridized carbons (Fsp3) is 0.700. The summed E-state index contributed by atoms with van der Waals surface area (Å²) in [6.07, 6.45) is 5.59. The first-order chi connectivity index (χ1) is 6.74. The summed E-state index contributed by atoms with van der Waals surface area (Å²) in [6.45, 7) is 2.03. The standard InChI is InChI=1S/C10H17N3O/c1-3-5-9(14)6-4-7-10-11-8-12-13(10)2/h8H,3-7H2,1-2H3. The van der Waals surface area contributed by atoms with E-state index in [0.717, 1.165) is 25.1 Å². The van der Waals surface area contributed by atoms with Crippen molar-refractivity contribution < 1.29 is 4.79 Å². The lowest BCUT2D eigenvalue weighted by Crippen LogP contribution is -2.02. The van der Waals surface area contributed by atoms with Gasteiger partial charge in [-0.15, -0.1) is 0 Å². The molecule has 4 heteroatoms. The Balaban J connectivity index is 2.22. The van der Waals surface area contributed by atoms with Crippen LogP contribution in [-0.4, -0.2) is 20.5 Å². The second kappa shape index (κ2) is 5.52. The third-order valence-corrected chi connectivity index (χ3v) is 2.19. The van der Waals surface area contributed by atoms with Crippen LogP contribution in [-0.2, 0) is 18.3 Å². The molecule has 0 saturated heterocycles. The molecule has 0 aliphatic rings. The normalized spacial score (nSPS) is 10.4. The Morgan fingerprint density at radius 1 is 1.50 bits per heavy atom. The summed E-state index contributed by atoms with van der Waals surface area (Å²) in [6, 6.07) is 0. The second-order valence-electron chi connectivity index (χ2n) is 3.44. The van der Waals surface area contributed by atoms with Crippen molar-refractivity contribution in [2.75, 3.05) is 0 Å². The van der Waals surface area contributed by atoms with Gasteiger partial charge < -0.3 is 0 Å². The highest BCUT2D eigenvalue weighted by Gasteiger charge is 2.03. The van der Waals surface area contributed by atoms with Gasteiger partial charge in [0.1, 0.15) is 17.9 Å². The van der Waals surface area contributed by atoms with E-state index in [2.05, 4.69) is 10.1 Å². The van der Waals surface area contributed by atoms with Crippen LogP contribution in [0.1, 0.15) is 38.4 Å². The monoisotopic (exact) mass is 195 g/mol. The molecule has 14 heavy (non-hydrogen) atoms. The average Bonchev–Trinajstić information content (AvgIpc) is 2.52. The number of hydrogen-bond acceptors (Lipinski definition) is 3. The molecular weight excluding hydrogens is 178 g/mol. The van der Waals surface area contributed by atoms with Crippen LogP contribution in [0, 0.1) is 0 Å². The number of hydrogen-bond donors (Lipinski definition) is 0. The van der Waals surface area contributed by atoms with E-state index in [9.17, 15) is 4.79 Å². The molecule has 78 valence electrons. The molecular formula is C10H17N3O. The van der Waals surface area contributed by atoms with Gasteiger partial charge in [0.25, 0.3) is 0 Å². The summed E-state index contributed by atoms with van der Waals surface area (Å²) in [5, 5.41) is 3.97. The molecule has 0 atom stereocenters. The van der Waals surface area contributed by atoms with Gasteiger partial charge in [-0.2, -0.15) is 5.10 Å². The van der Waals surface area contributed by atoms with Crippen LogP contribution in [0.3, 0.4) is 0 Å². The van der Waals surface area contributed by atoms with E-state index in [-0.39, 0.29) is 0 Å². The molecule has 0 fully saturated rings. The van der Waals surface area contributed by atoms with Crippen molar-refractivity contribution in [3.8, 4) is 0 Å². The Kier molecular flexibility index (Phi) is 4.29. The first-order valence-electron chi connectivity index (χ1n) is 5.08. The molecule has 0 N–H and O–H groups in total. The Morgan fingerprint density at radius 3 is 2.86 bits per heavy atom. The van der Waals surface area contributed by atoms with E-state index < -0.39 is 0 Å². The van der Waals surface area contributed by atoms with Gasteiger partial charge in [0.15, 0.2) is 0 Å². The van der Waals surface area contributed by atoms with Crippen molar-refractivity contribution in [3.63, 3.8) is 0 Å². The third-order valence-electron chi connectivity index (χ3n) is 2.19. The van der Waals surface area contributed by atoms with Crippen LogP contribution in [0.15, 0.2) is 6.33 Å². The summed E-state index contributed by atoms with van der Waals surface area (Å²) >= 11 is 0. The van der Waals surface area contributed by atoms with Gasteiger partial charge >= 0.3 is 0 Å². The summed E-state index contributed by atoms with van der Waals surface area (Å²) < 4.78 is 1.75. The van der Waals surface area contributed by atoms with Gasteiger partial charge in [-0.05, 0) is 12.8 Å². The topological polar surface area (TPSA) is 47.8 Å². The molecule has 0 radical (unpaired) electrons.